The molecule has 4 rings (SSSR count). The number of amides is 2. The number of carboxylic acid groups (broad SMARTS) is 1. The average Bonchev–Trinajstić information content (AvgIpc) is 3.12. The molecule has 1 heterocycles. The van der Waals surface area contributed by atoms with Crippen LogP contribution < -0.4 is 5.32 Å². The number of aryl methyl sites for hydroxylation is 1. The predicted octanol–water partition coefficient (Wildman–Crippen LogP) is 5.26. The Hall–Kier alpha value is -4.07. The fourth-order valence-corrected chi connectivity index (χ4v) is 4.31. The highest BCUT2D eigenvalue weighted by molar-refractivity contribution is 6.05. The highest BCUT2D eigenvalue weighted by Gasteiger charge is 2.38. The first-order valence-electron chi connectivity index (χ1n) is 11.1. The second-order valence-corrected chi connectivity index (χ2v) is 8.92. The van der Waals surface area contributed by atoms with Crippen LogP contribution in [0.5, 0.6) is 0 Å². The Labute approximate surface area is 201 Å². The van der Waals surface area contributed by atoms with Gasteiger partial charge in [0.25, 0.3) is 11.8 Å². The summed E-state index contributed by atoms with van der Waals surface area (Å²) in [6.07, 6.45) is 0. The molecular weight excluding hydrogens is 454 g/mol. The van der Waals surface area contributed by atoms with E-state index in [0.717, 1.165) is 22.8 Å². The third kappa shape index (κ3) is 4.51. The molecule has 0 aromatic heterocycles. The van der Waals surface area contributed by atoms with Gasteiger partial charge in [0.05, 0.1) is 0 Å². The van der Waals surface area contributed by atoms with Crippen molar-refractivity contribution >= 4 is 23.5 Å². The van der Waals surface area contributed by atoms with Crippen LogP contribution in [0, 0.1) is 24.5 Å². The third-order valence-electron chi connectivity index (χ3n) is 6.15. The van der Waals surface area contributed by atoms with Crippen molar-refractivity contribution < 1.29 is 28.3 Å². The Kier molecular flexibility index (Phi) is 6.39. The average molecular weight is 478 g/mol. The normalized spacial score (nSPS) is 13.7. The monoisotopic (exact) mass is 478 g/mol. The summed E-state index contributed by atoms with van der Waals surface area (Å²) in [5.41, 5.74) is 2.58. The molecule has 2 amide bonds. The molecule has 1 unspecified atom stereocenters. The van der Waals surface area contributed by atoms with E-state index in [2.05, 4.69) is 5.32 Å². The molecule has 6 nitrogen and oxygen atoms in total. The van der Waals surface area contributed by atoms with Crippen molar-refractivity contribution in [3.05, 3.63) is 88.5 Å². The predicted molar refractivity (Wildman–Crippen MR) is 127 cm³/mol. The number of aliphatic carboxylic acids is 1. The number of carbonyl (C=O) groups excluding carboxylic acids is 2. The lowest BCUT2D eigenvalue weighted by molar-refractivity contribution is -0.144. The molecule has 3 aromatic carbocycles. The zero-order chi connectivity index (χ0) is 25.4. The van der Waals surface area contributed by atoms with Crippen molar-refractivity contribution in [3.8, 4) is 11.1 Å². The van der Waals surface area contributed by atoms with E-state index in [1.165, 1.54) is 17.9 Å². The van der Waals surface area contributed by atoms with E-state index < -0.39 is 35.1 Å². The molecule has 3 aromatic rings. The van der Waals surface area contributed by atoms with E-state index in [4.69, 9.17) is 0 Å². The Bertz CT molecular complexity index is 1340. The lowest BCUT2D eigenvalue weighted by atomic mass is 10.00. The molecule has 0 radical (unpaired) electrons. The summed E-state index contributed by atoms with van der Waals surface area (Å²) < 4.78 is 28.3. The van der Waals surface area contributed by atoms with Gasteiger partial charge < -0.3 is 15.3 Å². The summed E-state index contributed by atoms with van der Waals surface area (Å²) in [7, 11) is 0. The van der Waals surface area contributed by atoms with Gasteiger partial charge in [-0.3, -0.25) is 9.59 Å². The van der Waals surface area contributed by atoms with Crippen LogP contribution in [0.2, 0.25) is 0 Å². The highest BCUT2D eigenvalue weighted by atomic mass is 19.1. The van der Waals surface area contributed by atoms with Gasteiger partial charge in [-0.05, 0) is 59.4 Å². The number of fused-ring (bicyclic) bond motifs is 1. The van der Waals surface area contributed by atoms with E-state index in [0.29, 0.717) is 11.3 Å². The minimum absolute atomic E-state index is 0.166. The number of anilines is 1. The Morgan fingerprint density at radius 1 is 1.00 bits per heavy atom. The fraction of sp³-hybridized carbons (Fsp3) is 0.222. The highest BCUT2D eigenvalue weighted by Crippen LogP contribution is 2.31. The largest absolute Gasteiger partial charge is 0.480 e. The van der Waals surface area contributed by atoms with Crippen LogP contribution in [0.1, 0.15) is 45.7 Å². The number of hydrogen-bond donors (Lipinski definition) is 2. The number of hydrogen-bond acceptors (Lipinski definition) is 3. The lowest BCUT2D eigenvalue weighted by Crippen LogP contribution is -2.44. The van der Waals surface area contributed by atoms with Gasteiger partial charge in [0.15, 0.2) is 0 Å². The van der Waals surface area contributed by atoms with Gasteiger partial charge >= 0.3 is 5.97 Å². The van der Waals surface area contributed by atoms with Gasteiger partial charge in [0.2, 0.25) is 0 Å². The SMILES string of the molecule is Cc1ccc(F)c(C(=O)Nc2ccc(-c3ccc4c(c3)C(=O)N(C(C(=O)O)C(C)C)C4)cc2)c1F. The molecule has 0 saturated heterocycles. The van der Waals surface area contributed by atoms with Gasteiger partial charge in [-0.1, -0.05) is 44.2 Å². The summed E-state index contributed by atoms with van der Waals surface area (Å²) in [4.78, 5) is 38.5. The standard InChI is InChI=1S/C27H24F2N2O4/c1-14(2)24(27(34)35)31-13-18-6-5-17(12-20(18)26(31)33)16-7-9-19(10-8-16)30-25(32)22-21(28)11-4-15(3)23(22)29/h4-12,14,24H,13H2,1-3H3,(H,30,32)(H,34,35). The number of carbonyl (C=O) groups is 3. The van der Waals surface area contributed by atoms with E-state index >= 15 is 0 Å². The summed E-state index contributed by atoms with van der Waals surface area (Å²) in [6.45, 7) is 5.22. The quantitative estimate of drug-likeness (QED) is 0.506. The van der Waals surface area contributed by atoms with Crippen molar-refractivity contribution in [3.63, 3.8) is 0 Å². The lowest BCUT2D eigenvalue weighted by Gasteiger charge is -2.27. The van der Waals surface area contributed by atoms with E-state index in [1.54, 1.807) is 50.2 Å². The second kappa shape index (κ2) is 9.29. The topological polar surface area (TPSA) is 86.7 Å². The Morgan fingerprint density at radius 3 is 2.29 bits per heavy atom. The van der Waals surface area contributed by atoms with Crippen molar-refractivity contribution in [1.82, 2.24) is 4.90 Å². The maximum atomic E-state index is 14.2. The van der Waals surface area contributed by atoms with Crippen LogP contribution in [0.25, 0.3) is 11.1 Å². The zero-order valence-electron chi connectivity index (χ0n) is 19.4. The second-order valence-electron chi connectivity index (χ2n) is 8.92. The Morgan fingerprint density at radius 2 is 1.66 bits per heavy atom. The number of benzene rings is 3. The minimum atomic E-state index is -1.04. The van der Waals surface area contributed by atoms with Crippen LogP contribution in [0.4, 0.5) is 14.5 Å². The van der Waals surface area contributed by atoms with E-state index in [9.17, 15) is 28.3 Å². The van der Waals surface area contributed by atoms with Gasteiger partial charge in [0.1, 0.15) is 23.2 Å². The zero-order valence-corrected chi connectivity index (χ0v) is 19.4. The van der Waals surface area contributed by atoms with Gasteiger partial charge in [0, 0.05) is 17.8 Å². The van der Waals surface area contributed by atoms with Gasteiger partial charge in [-0.2, -0.15) is 0 Å². The first-order chi connectivity index (χ1) is 16.6. The summed E-state index contributed by atoms with van der Waals surface area (Å²) >= 11 is 0. The molecule has 0 fully saturated rings. The smallest absolute Gasteiger partial charge is 0.326 e. The molecule has 0 aliphatic carbocycles. The molecule has 180 valence electrons. The maximum Gasteiger partial charge on any atom is 0.326 e. The van der Waals surface area contributed by atoms with Gasteiger partial charge in [-0.15, -0.1) is 0 Å². The number of nitrogens with one attached hydrogen (secondary N) is 1. The Balaban J connectivity index is 1.54. The van der Waals surface area contributed by atoms with Crippen molar-refractivity contribution in [2.24, 2.45) is 5.92 Å². The van der Waals surface area contributed by atoms with Crippen LogP contribution in [0.3, 0.4) is 0 Å². The van der Waals surface area contributed by atoms with Crippen molar-refractivity contribution in [1.29, 1.82) is 0 Å². The van der Waals surface area contributed by atoms with Crippen molar-refractivity contribution in [2.45, 2.75) is 33.4 Å². The molecule has 8 heteroatoms. The molecule has 1 aliphatic heterocycles. The molecule has 0 saturated carbocycles. The maximum absolute atomic E-state index is 14.2. The van der Waals surface area contributed by atoms with E-state index in [-0.39, 0.29) is 23.9 Å². The van der Waals surface area contributed by atoms with Crippen LogP contribution in [-0.2, 0) is 11.3 Å². The first kappa shape index (κ1) is 24.1. The molecule has 0 spiro atoms. The minimum Gasteiger partial charge on any atom is -0.480 e. The van der Waals surface area contributed by atoms with Crippen molar-refractivity contribution in [2.75, 3.05) is 5.32 Å². The fourth-order valence-electron chi connectivity index (χ4n) is 4.31. The van der Waals surface area contributed by atoms with Gasteiger partial charge in [-0.25, -0.2) is 13.6 Å². The molecule has 0 bridgehead atoms. The number of nitrogens with zero attached hydrogens (tertiary/aromatic N) is 1. The first-order valence-corrected chi connectivity index (χ1v) is 11.1. The van der Waals surface area contributed by atoms with E-state index in [1.807, 2.05) is 6.07 Å². The van der Waals surface area contributed by atoms with Crippen LogP contribution in [0.15, 0.2) is 54.6 Å². The number of rotatable bonds is 6. The summed E-state index contributed by atoms with van der Waals surface area (Å²) in [5, 5.41) is 12.1. The molecular formula is C27H24F2N2O4. The summed E-state index contributed by atoms with van der Waals surface area (Å²) in [6, 6.07) is 13.4. The molecule has 1 atom stereocenters. The molecule has 2 N–H and O–H groups in total. The summed E-state index contributed by atoms with van der Waals surface area (Å²) in [5.74, 6) is -4.34. The van der Waals surface area contributed by atoms with Crippen LogP contribution in [-0.4, -0.2) is 33.8 Å². The number of halogens is 2. The number of carboxylic acids is 1. The van der Waals surface area contributed by atoms with Crippen LogP contribution >= 0.6 is 0 Å². The molecule has 35 heavy (non-hydrogen) atoms. The third-order valence-corrected chi connectivity index (χ3v) is 6.15. The molecule has 1 aliphatic rings.